The van der Waals surface area contributed by atoms with Crippen molar-refractivity contribution in [2.75, 3.05) is 4.90 Å². The molecule has 32 heavy (non-hydrogen) atoms. The molecular weight excluding hydrogens is 420 g/mol. The van der Waals surface area contributed by atoms with E-state index in [1.165, 1.54) is 5.56 Å². The highest BCUT2D eigenvalue weighted by molar-refractivity contribution is 7.80. The van der Waals surface area contributed by atoms with Gasteiger partial charge in [0.05, 0.1) is 30.6 Å². The minimum absolute atomic E-state index is 0.0986. The zero-order valence-corrected chi connectivity index (χ0v) is 18.7. The van der Waals surface area contributed by atoms with Crippen molar-refractivity contribution in [3.05, 3.63) is 102 Å². The molecule has 162 valence electrons. The van der Waals surface area contributed by atoms with Gasteiger partial charge in [-0.2, -0.15) is 0 Å². The molecule has 0 saturated carbocycles. The summed E-state index contributed by atoms with van der Waals surface area (Å²) in [6, 6.07) is 19.0. The van der Waals surface area contributed by atoms with E-state index in [9.17, 15) is 5.11 Å². The van der Waals surface area contributed by atoms with Crippen molar-refractivity contribution in [2.45, 2.75) is 32.5 Å². The van der Waals surface area contributed by atoms with Crippen LogP contribution in [0.15, 0.2) is 77.5 Å². The number of hydrogen-bond donors (Lipinski definition) is 2. The van der Waals surface area contributed by atoms with Gasteiger partial charge in [-0.15, -0.1) is 0 Å². The van der Waals surface area contributed by atoms with Gasteiger partial charge < -0.3 is 24.3 Å². The molecule has 5 rings (SSSR count). The van der Waals surface area contributed by atoms with Gasteiger partial charge in [-0.25, -0.2) is 0 Å². The summed E-state index contributed by atoms with van der Waals surface area (Å²) in [5.74, 6) is 1.14. The maximum absolute atomic E-state index is 9.80. The zero-order valence-electron chi connectivity index (χ0n) is 17.9. The van der Waals surface area contributed by atoms with Gasteiger partial charge in [-0.3, -0.25) is 4.98 Å². The summed E-state index contributed by atoms with van der Waals surface area (Å²) < 4.78 is 7.86. The molecule has 0 aliphatic carbocycles. The lowest BCUT2D eigenvalue weighted by atomic mass is 9.96. The van der Waals surface area contributed by atoms with Crippen molar-refractivity contribution in [2.24, 2.45) is 0 Å². The largest absolute Gasteiger partial charge is 0.508 e. The maximum atomic E-state index is 9.80. The number of benzene rings is 1. The maximum Gasteiger partial charge on any atom is 0.174 e. The molecule has 2 atom stereocenters. The van der Waals surface area contributed by atoms with Crippen molar-refractivity contribution >= 4 is 23.0 Å². The van der Waals surface area contributed by atoms with E-state index < -0.39 is 0 Å². The summed E-state index contributed by atoms with van der Waals surface area (Å²) in [6.07, 6.45) is 3.51. The van der Waals surface area contributed by atoms with Gasteiger partial charge >= 0.3 is 0 Å². The number of phenolic OH excluding ortho intramolecular Hbond substituents is 1. The molecule has 4 heterocycles. The van der Waals surface area contributed by atoms with E-state index in [0.29, 0.717) is 11.7 Å². The SMILES string of the molecule is Cc1cc(C2C(c3ccccn3)NC(=S)N2c2ccc(O)cc2)c(C)n1Cc1ccco1. The third kappa shape index (κ3) is 3.54. The second-order valence-corrected chi connectivity index (χ2v) is 8.39. The van der Waals surface area contributed by atoms with Crippen LogP contribution in [0.3, 0.4) is 0 Å². The number of aromatic nitrogens is 2. The lowest BCUT2D eigenvalue weighted by molar-refractivity contribution is 0.475. The molecule has 1 aliphatic rings. The second-order valence-electron chi connectivity index (χ2n) is 8.00. The highest BCUT2D eigenvalue weighted by Crippen LogP contribution is 2.43. The first kappa shape index (κ1) is 20.3. The van der Waals surface area contributed by atoms with Crippen LogP contribution in [-0.2, 0) is 6.54 Å². The molecule has 1 aliphatic heterocycles. The van der Waals surface area contributed by atoms with Gasteiger partial charge in [0.15, 0.2) is 5.11 Å². The molecule has 2 unspecified atom stereocenters. The summed E-state index contributed by atoms with van der Waals surface area (Å²) >= 11 is 5.79. The van der Waals surface area contributed by atoms with E-state index in [4.69, 9.17) is 16.6 Å². The summed E-state index contributed by atoms with van der Waals surface area (Å²) in [4.78, 5) is 6.74. The number of aryl methyl sites for hydroxylation is 1. The molecule has 1 aromatic carbocycles. The predicted molar refractivity (Wildman–Crippen MR) is 128 cm³/mol. The Morgan fingerprint density at radius 1 is 1.09 bits per heavy atom. The van der Waals surface area contributed by atoms with Crippen LogP contribution in [0, 0.1) is 13.8 Å². The monoisotopic (exact) mass is 444 g/mol. The second kappa shape index (κ2) is 8.16. The first-order chi connectivity index (χ1) is 15.5. The summed E-state index contributed by atoms with van der Waals surface area (Å²) in [7, 11) is 0. The van der Waals surface area contributed by atoms with E-state index in [1.807, 2.05) is 42.5 Å². The van der Waals surface area contributed by atoms with Crippen LogP contribution >= 0.6 is 12.2 Å². The fraction of sp³-hybridized carbons (Fsp3) is 0.200. The summed E-state index contributed by atoms with van der Waals surface area (Å²) in [5, 5.41) is 13.9. The highest BCUT2D eigenvalue weighted by Gasteiger charge is 2.42. The summed E-state index contributed by atoms with van der Waals surface area (Å²) in [5.41, 5.74) is 5.32. The molecule has 0 bridgehead atoms. The average molecular weight is 445 g/mol. The number of anilines is 1. The number of phenols is 1. The van der Waals surface area contributed by atoms with Gasteiger partial charge in [0.1, 0.15) is 11.5 Å². The molecule has 0 radical (unpaired) electrons. The zero-order chi connectivity index (χ0) is 22.2. The average Bonchev–Trinajstić information content (AvgIpc) is 3.50. The number of nitrogens with zero attached hydrogens (tertiary/aromatic N) is 3. The van der Waals surface area contributed by atoms with E-state index in [2.05, 4.69) is 39.7 Å². The molecule has 1 saturated heterocycles. The van der Waals surface area contributed by atoms with Crippen molar-refractivity contribution in [1.82, 2.24) is 14.9 Å². The molecule has 6 nitrogen and oxygen atoms in total. The molecule has 7 heteroatoms. The molecular formula is C25H24N4O2S. The molecule has 4 aromatic rings. The lowest BCUT2D eigenvalue weighted by Crippen LogP contribution is -2.29. The number of thiocarbonyl (C=S) groups is 1. The fourth-order valence-electron chi connectivity index (χ4n) is 4.49. The smallest absolute Gasteiger partial charge is 0.174 e. The van der Waals surface area contributed by atoms with Crippen molar-refractivity contribution < 1.29 is 9.52 Å². The van der Waals surface area contributed by atoms with Gasteiger partial charge in [0, 0.05) is 23.3 Å². The molecule has 1 fully saturated rings. The Kier molecular flexibility index (Phi) is 5.19. The van der Waals surface area contributed by atoms with Gasteiger partial charge in [-0.05, 0) is 86.2 Å². The molecule has 0 spiro atoms. The minimum atomic E-state index is -0.116. The Hall–Kier alpha value is -3.58. The van der Waals surface area contributed by atoms with Crippen molar-refractivity contribution in [3.63, 3.8) is 0 Å². The number of aromatic hydroxyl groups is 1. The number of nitrogens with one attached hydrogen (secondary N) is 1. The molecule has 3 aromatic heterocycles. The number of furan rings is 1. The van der Waals surface area contributed by atoms with Crippen molar-refractivity contribution in [1.29, 1.82) is 0 Å². The number of hydrogen-bond acceptors (Lipinski definition) is 4. The summed E-state index contributed by atoms with van der Waals surface area (Å²) in [6.45, 7) is 4.92. The van der Waals surface area contributed by atoms with Crippen LogP contribution in [0.5, 0.6) is 5.75 Å². The predicted octanol–water partition coefficient (Wildman–Crippen LogP) is 5.02. The topological polar surface area (TPSA) is 66.5 Å². The Morgan fingerprint density at radius 2 is 1.91 bits per heavy atom. The van der Waals surface area contributed by atoms with Crippen molar-refractivity contribution in [3.8, 4) is 5.75 Å². The third-order valence-corrected chi connectivity index (χ3v) is 6.37. The fourth-order valence-corrected chi connectivity index (χ4v) is 4.84. The van der Waals surface area contributed by atoms with Gasteiger partial charge in [0.25, 0.3) is 0 Å². The quantitative estimate of drug-likeness (QED) is 0.421. The van der Waals surface area contributed by atoms with Crippen LogP contribution in [0.1, 0.15) is 40.5 Å². The normalized spacial score (nSPS) is 18.2. The van der Waals surface area contributed by atoms with E-state index >= 15 is 0 Å². The van der Waals surface area contributed by atoms with E-state index in [1.54, 1.807) is 24.6 Å². The highest BCUT2D eigenvalue weighted by atomic mass is 32.1. The van der Waals surface area contributed by atoms with Crippen LogP contribution in [0.2, 0.25) is 0 Å². The standard InChI is InChI=1S/C25H24N4O2S/c1-16-14-21(17(2)28(16)15-20-6-5-13-31-20)24-23(22-7-3-4-12-26-22)27-25(32)29(24)18-8-10-19(30)11-9-18/h3-14,23-24,30H,15H2,1-2H3,(H,27,32). The van der Waals surface area contributed by atoms with E-state index in [0.717, 1.165) is 28.5 Å². The third-order valence-electron chi connectivity index (χ3n) is 6.05. The molecule has 0 amide bonds. The Labute approximate surface area is 192 Å². The first-order valence-corrected chi connectivity index (χ1v) is 10.9. The Balaban J connectivity index is 1.62. The number of rotatable bonds is 5. The first-order valence-electron chi connectivity index (χ1n) is 10.5. The Morgan fingerprint density at radius 3 is 2.59 bits per heavy atom. The van der Waals surface area contributed by atoms with Gasteiger partial charge in [0.2, 0.25) is 0 Å². The number of pyridine rings is 1. The van der Waals surface area contributed by atoms with Gasteiger partial charge in [-0.1, -0.05) is 6.07 Å². The van der Waals surface area contributed by atoms with Crippen LogP contribution in [-0.4, -0.2) is 19.8 Å². The minimum Gasteiger partial charge on any atom is -0.508 e. The van der Waals surface area contributed by atoms with Crippen LogP contribution in [0.25, 0.3) is 0 Å². The molecule has 2 N–H and O–H groups in total. The van der Waals surface area contributed by atoms with Crippen LogP contribution < -0.4 is 10.2 Å². The van der Waals surface area contributed by atoms with Crippen LogP contribution in [0.4, 0.5) is 5.69 Å². The lowest BCUT2D eigenvalue weighted by Gasteiger charge is -2.28. The Bertz CT molecular complexity index is 1230. The van der Waals surface area contributed by atoms with E-state index in [-0.39, 0.29) is 17.8 Å².